The van der Waals surface area contributed by atoms with E-state index in [1.165, 1.54) is 14.2 Å². The number of aryl methyl sites for hydroxylation is 1. The predicted octanol–water partition coefficient (Wildman–Crippen LogP) is 3.02. The molecule has 1 fully saturated rings. The zero-order valence-corrected chi connectivity index (χ0v) is 22.1. The van der Waals surface area contributed by atoms with Crippen molar-refractivity contribution in [3.05, 3.63) is 34.4 Å². The molecule has 0 bridgehead atoms. The van der Waals surface area contributed by atoms with Crippen LogP contribution in [0.2, 0.25) is 0 Å². The van der Waals surface area contributed by atoms with Gasteiger partial charge < -0.3 is 19.5 Å². The molecule has 1 N–H and O–H groups in total. The van der Waals surface area contributed by atoms with Crippen molar-refractivity contribution in [1.29, 1.82) is 0 Å². The number of alkyl halides is 3. The van der Waals surface area contributed by atoms with Crippen LogP contribution in [0.3, 0.4) is 0 Å². The smallest absolute Gasteiger partial charge is 0.397 e. The summed E-state index contributed by atoms with van der Waals surface area (Å²) in [5.41, 5.74) is -0.994. The molecule has 210 valence electrons. The number of rotatable bonds is 9. The number of aromatic nitrogens is 2. The Kier molecular flexibility index (Phi) is 8.95. The Hall–Kier alpha value is -3.29. The van der Waals surface area contributed by atoms with Crippen LogP contribution in [0.4, 0.5) is 13.2 Å². The Morgan fingerprint density at radius 3 is 2.24 bits per heavy atom. The molecule has 0 radical (unpaired) electrons. The fourth-order valence-electron chi connectivity index (χ4n) is 4.44. The maximum absolute atomic E-state index is 13.6. The van der Waals surface area contributed by atoms with Gasteiger partial charge in [0.15, 0.2) is 14.7 Å². The lowest BCUT2D eigenvalue weighted by atomic mass is 10.1. The van der Waals surface area contributed by atoms with Crippen molar-refractivity contribution in [2.45, 2.75) is 61.8 Å². The number of para-hydroxylation sites is 1. The van der Waals surface area contributed by atoms with Crippen LogP contribution in [0.25, 0.3) is 5.69 Å². The minimum Gasteiger partial charge on any atom is -0.494 e. The zero-order chi connectivity index (χ0) is 28.3. The van der Waals surface area contributed by atoms with Crippen molar-refractivity contribution < 1.29 is 41.0 Å². The molecule has 0 spiro atoms. The predicted molar refractivity (Wildman–Crippen MR) is 131 cm³/mol. The number of benzene rings is 1. The van der Waals surface area contributed by atoms with Gasteiger partial charge in [-0.2, -0.15) is 18.2 Å². The van der Waals surface area contributed by atoms with Gasteiger partial charge in [-0.05, 0) is 31.4 Å². The summed E-state index contributed by atoms with van der Waals surface area (Å²) in [5, 5.41) is 10.1. The molecule has 10 nitrogen and oxygen atoms in total. The molecule has 14 heteroatoms. The summed E-state index contributed by atoms with van der Waals surface area (Å²) >= 11 is 0. The van der Waals surface area contributed by atoms with Crippen molar-refractivity contribution in [2.24, 2.45) is 0 Å². The number of likely N-dealkylation sites (tertiary alicyclic amines) is 1. The van der Waals surface area contributed by atoms with Crippen molar-refractivity contribution in [1.82, 2.24) is 14.5 Å². The van der Waals surface area contributed by atoms with E-state index in [0.717, 1.165) is 15.9 Å². The Bertz CT molecular complexity index is 1310. The number of nitrogens with zero attached hydrogens (tertiary/aromatic N) is 3. The minimum atomic E-state index is -4.68. The number of ether oxygens (including phenoxy) is 2. The highest BCUT2D eigenvalue weighted by Crippen LogP contribution is 2.38. The first-order valence-electron chi connectivity index (χ1n) is 12.0. The summed E-state index contributed by atoms with van der Waals surface area (Å²) in [6.07, 6.45) is -5.19. The number of unbranched alkanes of at least 4 members (excludes halogenated alkanes) is 1. The van der Waals surface area contributed by atoms with Crippen molar-refractivity contribution in [3.8, 4) is 23.1 Å². The van der Waals surface area contributed by atoms with E-state index in [1.807, 2.05) is 6.92 Å². The molecule has 1 aromatic heterocycles. The average Bonchev–Trinajstić information content (AvgIpc) is 2.85. The molecule has 2 heterocycles. The third kappa shape index (κ3) is 6.05. The molecule has 1 saturated heterocycles. The van der Waals surface area contributed by atoms with Gasteiger partial charge in [0, 0.05) is 19.5 Å². The molecule has 2 aromatic rings. The van der Waals surface area contributed by atoms with Crippen molar-refractivity contribution in [3.63, 3.8) is 0 Å². The number of amides is 1. The van der Waals surface area contributed by atoms with E-state index in [0.29, 0.717) is 6.42 Å². The highest BCUT2D eigenvalue weighted by atomic mass is 32.2. The van der Waals surface area contributed by atoms with Crippen LogP contribution in [0, 0.1) is 0 Å². The van der Waals surface area contributed by atoms with Gasteiger partial charge in [-0.3, -0.25) is 14.2 Å². The normalized spacial score (nSPS) is 14.9. The van der Waals surface area contributed by atoms with E-state index in [9.17, 15) is 36.3 Å². The second kappa shape index (κ2) is 11.6. The Labute approximate surface area is 217 Å². The highest BCUT2D eigenvalue weighted by Gasteiger charge is 2.40. The molecule has 1 amide bonds. The summed E-state index contributed by atoms with van der Waals surface area (Å²) in [7, 11) is -1.75. The van der Waals surface area contributed by atoms with E-state index >= 15 is 0 Å². The fraction of sp³-hybridized carbons (Fsp3) is 0.542. The summed E-state index contributed by atoms with van der Waals surface area (Å²) in [6.45, 7) is 1.43. The third-order valence-electron chi connectivity index (χ3n) is 6.35. The molecule has 0 saturated carbocycles. The molecule has 3 rings (SSSR count). The molecule has 0 aliphatic carbocycles. The van der Waals surface area contributed by atoms with Gasteiger partial charge in [-0.15, -0.1) is 0 Å². The van der Waals surface area contributed by atoms with Crippen LogP contribution < -0.4 is 15.0 Å². The Morgan fingerprint density at radius 2 is 1.74 bits per heavy atom. The molecule has 0 atom stereocenters. The largest absolute Gasteiger partial charge is 0.494 e. The molecule has 0 unspecified atom stereocenters. The monoisotopic (exact) mass is 561 g/mol. The summed E-state index contributed by atoms with van der Waals surface area (Å²) in [5.74, 6) is -1.47. The van der Waals surface area contributed by atoms with E-state index in [1.54, 1.807) is 18.2 Å². The van der Waals surface area contributed by atoms with E-state index < -0.39 is 49.9 Å². The summed E-state index contributed by atoms with van der Waals surface area (Å²) in [6, 6.07) is 4.77. The van der Waals surface area contributed by atoms with Crippen LogP contribution in [0.1, 0.15) is 44.9 Å². The number of carbonyl (C=O) groups is 1. The van der Waals surface area contributed by atoms with Gasteiger partial charge in [0.1, 0.15) is 29.4 Å². The summed E-state index contributed by atoms with van der Waals surface area (Å²) in [4.78, 5) is 29.0. The van der Waals surface area contributed by atoms with Crippen LogP contribution in [0.5, 0.6) is 17.4 Å². The number of aromatic hydroxyl groups is 1. The number of hydrogen-bond acceptors (Lipinski definition) is 8. The number of sulfone groups is 1. The van der Waals surface area contributed by atoms with Gasteiger partial charge in [0.2, 0.25) is 11.8 Å². The van der Waals surface area contributed by atoms with Gasteiger partial charge in [0.25, 0.3) is 5.56 Å². The first-order chi connectivity index (χ1) is 17.8. The van der Waals surface area contributed by atoms with Crippen molar-refractivity contribution in [2.75, 3.05) is 27.3 Å². The average molecular weight is 562 g/mol. The Balaban J connectivity index is 2.08. The fourth-order valence-corrected chi connectivity index (χ4v) is 6.24. The number of halogens is 3. The topological polar surface area (TPSA) is 128 Å². The van der Waals surface area contributed by atoms with Crippen LogP contribution in [-0.2, 0) is 21.1 Å². The number of piperidine rings is 1. The molecule has 1 aromatic carbocycles. The zero-order valence-electron chi connectivity index (χ0n) is 21.2. The van der Waals surface area contributed by atoms with E-state index in [-0.39, 0.29) is 55.4 Å². The van der Waals surface area contributed by atoms with Crippen LogP contribution in [-0.4, -0.2) is 72.6 Å². The Morgan fingerprint density at radius 1 is 1.16 bits per heavy atom. The SMILES string of the molecule is CCCCc1nc(=O)c(S(=O)(=O)C2CCN(C(=O)CC(F)(F)F)CC2)c(O)n1-c1c(OC)cccc1OC. The second-order valence-corrected chi connectivity index (χ2v) is 11.0. The second-order valence-electron chi connectivity index (χ2n) is 8.85. The lowest BCUT2D eigenvalue weighted by Crippen LogP contribution is -2.44. The van der Waals surface area contributed by atoms with Gasteiger partial charge in [-0.25, -0.2) is 8.42 Å². The number of methoxy groups -OCH3 is 2. The van der Waals surface area contributed by atoms with E-state index in [2.05, 4.69) is 4.98 Å². The maximum atomic E-state index is 13.6. The van der Waals surface area contributed by atoms with Crippen LogP contribution in [0.15, 0.2) is 27.9 Å². The summed E-state index contributed by atoms with van der Waals surface area (Å²) < 4.78 is 76.9. The maximum Gasteiger partial charge on any atom is 0.397 e. The minimum absolute atomic E-state index is 0.101. The molecule has 38 heavy (non-hydrogen) atoms. The van der Waals surface area contributed by atoms with Crippen LogP contribution >= 0.6 is 0 Å². The van der Waals surface area contributed by atoms with Gasteiger partial charge in [-0.1, -0.05) is 19.4 Å². The number of carbonyl (C=O) groups excluding carboxylic acids is 1. The molecular formula is C24H30F3N3O7S. The highest BCUT2D eigenvalue weighted by molar-refractivity contribution is 7.92. The third-order valence-corrected chi connectivity index (χ3v) is 8.62. The van der Waals surface area contributed by atoms with Gasteiger partial charge >= 0.3 is 6.18 Å². The van der Waals surface area contributed by atoms with Gasteiger partial charge in [0.05, 0.1) is 19.5 Å². The standard InChI is InChI=1S/C24H30F3N3O7S/c1-4-5-9-18-28-22(32)21(23(33)30(18)20-16(36-2)7-6-8-17(20)37-3)38(34,35)15-10-12-29(13-11-15)19(31)14-24(25,26)27/h6-8,15,33H,4-5,9-14H2,1-3H3. The quantitative estimate of drug-likeness (QED) is 0.495. The molecular weight excluding hydrogens is 531 g/mol. The number of hydrogen-bond donors (Lipinski definition) is 1. The first kappa shape index (κ1) is 29.3. The first-order valence-corrected chi connectivity index (χ1v) is 13.5. The lowest BCUT2D eigenvalue weighted by Gasteiger charge is -2.32. The molecule has 1 aliphatic heterocycles. The van der Waals surface area contributed by atoms with E-state index in [4.69, 9.17) is 9.47 Å². The lowest BCUT2D eigenvalue weighted by molar-refractivity contribution is -0.161. The molecule has 1 aliphatic rings. The van der Waals surface area contributed by atoms with Crippen molar-refractivity contribution >= 4 is 15.7 Å².